The van der Waals surface area contributed by atoms with Gasteiger partial charge in [0.15, 0.2) is 15.5 Å². The third kappa shape index (κ3) is 5.57. The van der Waals surface area contributed by atoms with Gasteiger partial charge in [0, 0.05) is 18.1 Å². The highest BCUT2D eigenvalue weighted by Crippen LogP contribution is 2.54. The molecule has 1 saturated carbocycles. The van der Waals surface area contributed by atoms with Crippen molar-refractivity contribution in [3.05, 3.63) is 59.1 Å². The second kappa shape index (κ2) is 12.2. The van der Waals surface area contributed by atoms with Crippen LogP contribution in [0.4, 0.5) is 0 Å². The predicted octanol–water partition coefficient (Wildman–Crippen LogP) is -0.733. The number of amides is 2. The number of aliphatic carboxylic acids is 2. The van der Waals surface area contributed by atoms with Crippen LogP contribution in [0.2, 0.25) is 0 Å². The lowest BCUT2D eigenvalue weighted by Crippen LogP contribution is -2.71. The molecular formula is C28H30N6O11S2. The zero-order valence-electron chi connectivity index (χ0n) is 24.8. The van der Waals surface area contributed by atoms with Gasteiger partial charge in [0.1, 0.15) is 33.7 Å². The Morgan fingerprint density at radius 2 is 1.79 bits per heavy atom. The number of sulfone groups is 1. The largest absolute Gasteiger partial charge is 0.481 e. The smallest absolute Gasteiger partial charge is 0.358 e. The van der Waals surface area contributed by atoms with Crippen molar-refractivity contribution in [3.8, 4) is 0 Å². The van der Waals surface area contributed by atoms with Crippen LogP contribution in [-0.4, -0.2) is 106 Å². The average Bonchev–Trinajstić information content (AvgIpc) is 3.53. The highest BCUT2D eigenvalue weighted by molar-refractivity contribution is 8.00. The first-order chi connectivity index (χ1) is 22.0. The van der Waals surface area contributed by atoms with E-state index < -0.39 is 78.8 Å². The molecule has 3 unspecified atom stereocenters. The fraction of sp³-hybridized carbons (Fsp3) is 0.429. The van der Waals surface area contributed by atoms with Gasteiger partial charge < -0.3 is 26.4 Å². The van der Waals surface area contributed by atoms with Crippen LogP contribution >= 0.6 is 11.8 Å². The number of benzene rings is 1. The lowest BCUT2D eigenvalue weighted by Gasteiger charge is -2.49. The fourth-order valence-electron chi connectivity index (χ4n) is 6.34. The maximum atomic E-state index is 12.7. The van der Waals surface area contributed by atoms with Crippen LogP contribution in [0.5, 0.6) is 0 Å². The maximum absolute atomic E-state index is 12.7. The standard InChI is InChI=1S/C16H17N3O4S.C12H13N3O7S/c1-8-7-24-15-11(14(21)19(15)12(8)16(22)23)18-13(20)10(17)9-5-3-2-4-6-9;1-12(4-15-3-5(10(17)18)13-14-15)9(11(19)20)8-6(16)2-7(8)23(12,21)22/h2-6,10-11,15H,7,17H2,1H3,(H,18,20)(H,22,23);3,7-9H,2,4H2,1H3,(H,17,18)(H,19,20)/t10?,11-,15-;7?,8?,9-,12-/m10/s1. The van der Waals surface area contributed by atoms with Gasteiger partial charge in [0.2, 0.25) is 5.91 Å². The Kier molecular flexibility index (Phi) is 8.75. The van der Waals surface area contributed by atoms with E-state index in [0.717, 1.165) is 10.9 Å². The number of Topliss-reactive ketones (excluding diaryl/α,β-unsaturated/α-hetero) is 1. The molecule has 2 aromatic rings. The number of nitrogens with one attached hydrogen (secondary N) is 1. The normalized spacial score (nSPS) is 29.3. The van der Waals surface area contributed by atoms with Crippen molar-refractivity contribution in [1.82, 2.24) is 25.2 Å². The first-order valence-corrected chi connectivity index (χ1v) is 16.7. The summed E-state index contributed by atoms with van der Waals surface area (Å²) < 4.78 is 24.6. The minimum absolute atomic E-state index is 0.0154. The molecule has 3 aliphatic heterocycles. The van der Waals surface area contributed by atoms with Gasteiger partial charge in [-0.2, -0.15) is 0 Å². The monoisotopic (exact) mass is 690 g/mol. The van der Waals surface area contributed by atoms with Gasteiger partial charge in [-0.3, -0.25) is 28.8 Å². The number of carboxylic acid groups (broad SMARTS) is 3. The van der Waals surface area contributed by atoms with E-state index in [4.69, 9.17) is 10.8 Å². The predicted molar refractivity (Wildman–Crippen MR) is 161 cm³/mol. The van der Waals surface area contributed by atoms with Crippen LogP contribution in [0.15, 0.2) is 47.8 Å². The van der Waals surface area contributed by atoms with Crippen molar-refractivity contribution in [2.45, 2.75) is 54.3 Å². The molecule has 17 nitrogen and oxygen atoms in total. The summed E-state index contributed by atoms with van der Waals surface area (Å²) in [4.78, 5) is 71.3. The summed E-state index contributed by atoms with van der Waals surface area (Å²) in [6.45, 7) is 2.57. The maximum Gasteiger partial charge on any atom is 0.358 e. The van der Waals surface area contributed by atoms with Gasteiger partial charge in [-0.1, -0.05) is 35.5 Å². The molecule has 2 saturated heterocycles. The van der Waals surface area contributed by atoms with Crippen molar-refractivity contribution in [2.75, 3.05) is 5.75 Å². The minimum Gasteiger partial charge on any atom is -0.481 e. The number of thioether (sulfide) groups is 1. The summed E-state index contributed by atoms with van der Waals surface area (Å²) >= 11 is 1.43. The number of aromatic nitrogens is 3. The molecule has 250 valence electrons. The minimum atomic E-state index is -3.90. The summed E-state index contributed by atoms with van der Waals surface area (Å²) in [5.74, 6) is -7.01. The molecular weight excluding hydrogens is 660 g/mol. The van der Waals surface area contributed by atoms with E-state index >= 15 is 0 Å². The Labute approximate surface area is 271 Å². The van der Waals surface area contributed by atoms with Crippen LogP contribution in [0.3, 0.4) is 0 Å². The first-order valence-electron chi connectivity index (χ1n) is 14.1. The molecule has 1 aromatic heterocycles. The fourth-order valence-corrected chi connectivity index (χ4v) is 10.3. The number of nitrogens with zero attached hydrogens (tertiary/aromatic N) is 4. The zero-order chi connectivity index (χ0) is 34.6. The number of nitrogens with two attached hydrogens (primary N) is 1. The van der Waals surface area contributed by atoms with Crippen LogP contribution in [0.1, 0.15) is 42.4 Å². The van der Waals surface area contributed by atoms with Gasteiger partial charge in [-0.25, -0.2) is 18.0 Å². The van der Waals surface area contributed by atoms with Gasteiger partial charge in [-0.05, 0) is 25.0 Å². The Morgan fingerprint density at radius 1 is 1.13 bits per heavy atom. The second-order valence-electron chi connectivity index (χ2n) is 11.7. The van der Waals surface area contributed by atoms with Crippen LogP contribution in [0, 0.1) is 11.8 Å². The molecule has 7 atom stereocenters. The quantitative estimate of drug-likeness (QED) is 0.214. The molecule has 4 aliphatic rings. The number of carbonyl (C=O) groups is 6. The molecule has 6 N–H and O–H groups in total. The zero-order valence-corrected chi connectivity index (χ0v) is 26.5. The Hall–Kier alpha value is -4.62. The van der Waals surface area contributed by atoms with Crippen molar-refractivity contribution in [1.29, 1.82) is 0 Å². The number of hydrogen-bond acceptors (Lipinski definition) is 12. The summed E-state index contributed by atoms with van der Waals surface area (Å²) in [6.07, 6.45) is 0.855. The van der Waals surface area contributed by atoms with Crippen LogP contribution < -0.4 is 11.1 Å². The van der Waals surface area contributed by atoms with Crippen molar-refractivity contribution >= 4 is 57.1 Å². The molecule has 4 heterocycles. The Balaban J connectivity index is 0.000000185. The molecule has 0 bridgehead atoms. The van der Waals surface area contributed by atoms with E-state index in [9.17, 15) is 47.4 Å². The first kappa shape index (κ1) is 33.7. The van der Waals surface area contributed by atoms with Crippen molar-refractivity contribution < 1.29 is 52.5 Å². The lowest BCUT2D eigenvalue weighted by molar-refractivity contribution is -0.150. The van der Waals surface area contributed by atoms with Crippen molar-refractivity contribution in [2.24, 2.45) is 17.6 Å². The SMILES string of the molecule is CC1=C(C(=O)O)N2C(=O)[C@@H](NC(=O)C(N)c3ccccc3)[C@H]2SC1.C[C@]1(Cn2cc(C(=O)O)nn2)[C@H](C(=O)O)C2C(=O)CC2S1(=O)=O. The molecule has 47 heavy (non-hydrogen) atoms. The second-order valence-corrected chi connectivity index (χ2v) is 15.5. The molecule has 0 spiro atoms. The number of rotatable bonds is 8. The van der Waals surface area contributed by atoms with Crippen LogP contribution in [0.25, 0.3) is 0 Å². The van der Waals surface area contributed by atoms with E-state index in [2.05, 4.69) is 15.6 Å². The van der Waals surface area contributed by atoms with E-state index in [1.807, 2.05) is 6.07 Å². The third-order valence-corrected chi connectivity index (χ3v) is 13.2. The third-order valence-electron chi connectivity index (χ3n) is 8.84. The molecule has 2 amide bonds. The molecule has 1 aliphatic carbocycles. The number of aromatic carboxylic acids is 1. The molecule has 6 rings (SSSR count). The van der Waals surface area contributed by atoms with Gasteiger partial charge in [0.25, 0.3) is 5.91 Å². The lowest BCUT2D eigenvalue weighted by atomic mass is 9.70. The van der Waals surface area contributed by atoms with Gasteiger partial charge >= 0.3 is 17.9 Å². The number of carboxylic acids is 3. The number of fused-ring (bicyclic) bond motifs is 2. The molecule has 19 heteroatoms. The number of ketones is 1. The van der Waals surface area contributed by atoms with Gasteiger partial charge in [0.05, 0.1) is 23.9 Å². The van der Waals surface area contributed by atoms with E-state index in [1.54, 1.807) is 31.2 Å². The summed E-state index contributed by atoms with van der Waals surface area (Å²) in [6, 6.07) is 7.23. The van der Waals surface area contributed by atoms with Crippen LogP contribution in [-0.2, 0) is 40.4 Å². The number of hydrogen-bond donors (Lipinski definition) is 5. The van der Waals surface area contributed by atoms with Crippen molar-refractivity contribution in [3.63, 3.8) is 0 Å². The van der Waals surface area contributed by atoms with E-state index in [0.29, 0.717) is 16.9 Å². The highest BCUT2D eigenvalue weighted by atomic mass is 32.2. The average molecular weight is 691 g/mol. The molecule has 0 radical (unpaired) electrons. The molecule has 3 fully saturated rings. The summed E-state index contributed by atoms with van der Waals surface area (Å²) in [5.41, 5.74) is 6.86. The van der Waals surface area contributed by atoms with Gasteiger partial charge in [-0.15, -0.1) is 16.9 Å². The number of β-lactam (4-membered cyclic amide) rings is 1. The summed E-state index contributed by atoms with van der Waals surface area (Å²) in [5, 5.41) is 35.7. The molecule has 1 aromatic carbocycles. The Morgan fingerprint density at radius 3 is 2.34 bits per heavy atom. The van der Waals surface area contributed by atoms with E-state index in [-0.39, 0.29) is 30.1 Å². The van der Waals surface area contributed by atoms with E-state index in [1.165, 1.54) is 23.6 Å². The highest BCUT2D eigenvalue weighted by Gasteiger charge is 2.71. The Bertz CT molecular complexity index is 1830. The topological polar surface area (TPSA) is 269 Å². The number of carbonyl (C=O) groups excluding carboxylic acids is 3. The summed E-state index contributed by atoms with van der Waals surface area (Å²) in [7, 11) is -3.90.